The third-order valence-corrected chi connectivity index (χ3v) is 2.46. The van der Waals surface area contributed by atoms with Crippen molar-refractivity contribution in [2.24, 2.45) is 0 Å². The average molecular weight is 231 g/mol. The summed E-state index contributed by atoms with van der Waals surface area (Å²) in [5.74, 6) is 0. The maximum absolute atomic E-state index is 3.39. The zero-order valence-corrected chi connectivity index (χ0v) is 9.19. The Morgan fingerprint density at radius 1 is 1.33 bits per heavy atom. The summed E-state index contributed by atoms with van der Waals surface area (Å²) < 4.78 is 1.06. The zero-order chi connectivity index (χ0) is 8.97. The van der Waals surface area contributed by atoms with Crippen molar-refractivity contribution in [2.75, 3.05) is 13.1 Å². The molecule has 0 radical (unpaired) electrons. The zero-order valence-electron chi connectivity index (χ0n) is 7.60. The number of rotatable bonds is 4. The van der Waals surface area contributed by atoms with Gasteiger partial charge in [-0.3, -0.25) is 4.90 Å². The Hall–Kier alpha value is -0.280. The van der Waals surface area contributed by atoms with Crippen molar-refractivity contribution in [3.05, 3.63) is 22.4 Å². The van der Waals surface area contributed by atoms with Crippen LogP contribution in [0.25, 0.3) is 0 Å². The van der Waals surface area contributed by atoms with Gasteiger partial charge >= 0.3 is 0 Å². The highest BCUT2D eigenvalue weighted by atomic mass is 79.9. The van der Waals surface area contributed by atoms with Crippen molar-refractivity contribution in [3.63, 3.8) is 0 Å². The molecule has 1 aromatic heterocycles. The molecule has 0 spiro atoms. The molecule has 0 saturated carbocycles. The monoisotopic (exact) mass is 230 g/mol. The minimum absolute atomic E-state index is 1.01. The number of nitrogens with zero attached hydrogens (tertiary/aromatic N) is 1. The lowest BCUT2D eigenvalue weighted by molar-refractivity contribution is 0.292. The second kappa shape index (κ2) is 4.67. The third kappa shape index (κ3) is 2.64. The molecule has 1 rings (SSSR count). The molecule has 2 nitrogen and oxygen atoms in total. The average Bonchev–Trinajstić information content (AvgIpc) is 2.47. The highest BCUT2D eigenvalue weighted by Crippen LogP contribution is 2.10. The van der Waals surface area contributed by atoms with Crippen molar-refractivity contribution in [3.8, 4) is 0 Å². The second-order valence-corrected chi connectivity index (χ2v) is 3.65. The molecule has 0 bridgehead atoms. The second-order valence-electron chi connectivity index (χ2n) is 2.79. The molecule has 0 unspecified atom stereocenters. The van der Waals surface area contributed by atoms with Gasteiger partial charge in [0, 0.05) is 12.2 Å². The van der Waals surface area contributed by atoms with Crippen molar-refractivity contribution in [1.29, 1.82) is 0 Å². The normalized spacial score (nSPS) is 11.0. The van der Waals surface area contributed by atoms with Crippen molar-refractivity contribution in [1.82, 2.24) is 9.88 Å². The Morgan fingerprint density at radius 3 is 2.42 bits per heavy atom. The van der Waals surface area contributed by atoms with E-state index in [9.17, 15) is 0 Å². The Balaban J connectivity index is 2.50. The number of nitrogens with one attached hydrogen (secondary N) is 1. The molecular formula is C9H15BrN2. The van der Waals surface area contributed by atoms with Crippen LogP contribution in [-0.4, -0.2) is 23.0 Å². The molecule has 68 valence electrons. The van der Waals surface area contributed by atoms with Gasteiger partial charge in [-0.05, 0) is 41.2 Å². The summed E-state index contributed by atoms with van der Waals surface area (Å²) >= 11 is 3.39. The van der Waals surface area contributed by atoms with E-state index >= 15 is 0 Å². The molecule has 1 N–H and O–H groups in total. The summed E-state index contributed by atoms with van der Waals surface area (Å²) in [5.41, 5.74) is 1.27. The van der Waals surface area contributed by atoms with E-state index < -0.39 is 0 Å². The summed E-state index contributed by atoms with van der Waals surface area (Å²) in [6.45, 7) is 7.59. The van der Waals surface area contributed by atoms with Gasteiger partial charge in [0.1, 0.15) is 0 Å². The molecule has 0 amide bonds. The number of aromatic nitrogens is 1. The van der Waals surface area contributed by atoms with Gasteiger partial charge in [0.25, 0.3) is 0 Å². The van der Waals surface area contributed by atoms with Gasteiger partial charge in [0.15, 0.2) is 0 Å². The first-order chi connectivity index (χ1) is 5.76. The minimum Gasteiger partial charge on any atom is -0.352 e. The topological polar surface area (TPSA) is 19.0 Å². The molecule has 0 aliphatic carbocycles. The van der Waals surface area contributed by atoms with Gasteiger partial charge in [-0.25, -0.2) is 0 Å². The van der Waals surface area contributed by atoms with Crippen LogP contribution in [0.4, 0.5) is 0 Å². The van der Waals surface area contributed by atoms with Crippen LogP contribution in [0.2, 0.25) is 0 Å². The van der Waals surface area contributed by atoms with Crippen LogP contribution in [0.1, 0.15) is 19.5 Å². The fraction of sp³-hybridized carbons (Fsp3) is 0.556. The Labute approximate surface area is 82.1 Å². The van der Waals surface area contributed by atoms with Crippen LogP contribution in [0.5, 0.6) is 0 Å². The summed E-state index contributed by atoms with van der Waals surface area (Å²) in [6.07, 6.45) is 0. The van der Waals surface area contributed by atoms with Gasteiger partial charge in [-0.15, -0.1) is 0 Å². The molecule has 0 aliphatic heterocycles. The van der Waals surface area contributed by atoms with E-state index in [1.165, 1.54) is 5.69 Å². The molecule has 12 heavy (non-hydrogen) atoms. The van der Waals surface area contributed by atoms with E-state index in [1.54, 1.807) is 0 Å². The van der Waals surface area contributed by atoms with Crippen LogP contribution < -0.4 is 0 Å². The summed E-state index contributed by atoms with van der Waals surface area (Å²) in [7, 11) is 0. The number of halogens is 1. The molecule has 1 heterocycles. The highest BCUT2D eigenvalue weighted by molar-refractivity contribution is 9.10. The maximum atomic E-state index is 3.39. The van der Waals surface area contributed by atoms with Crippen LogP contribution in [-0.2, 0) is 6.54 Å². The third-order valence-electron chi connectivity index (χ3n) is 2.00. The minimum atomic E-state index is 1.01. The maximum Gasteiger partial charge on any atom is 0.0822 e. The lowest BCUT2D eigenvalue weighted by Gasteiger charge is -2.16. The Morgan fingerprint density at radius 2 is 2.00 bits per heavy atom. The fourth-order valence-corrected chi connectivity index (χ4v) is 1.58. The van der Waals surface area contributed by atoms with E-state index in [1.807, 2.05) is 6.07 Å². The lowest BCUT2D eigenvalue weighted by Crippen LogP contribution is -2.22. The SMILES string of the molecule is CCN(CC)Cc1ccc(Br)[nH]1. The number of hydrogen-bond donors (Lipinski definition) is 1. The van der Waals surface area contributed by atoms with Gasteiger partial charge in [0.05, 0.1) is 4.60 Å². The quantitative estimate of drug-likeness (QED) is 0.843. The Bertz CT molecular complexity index is 228. The molecule has 1 aromatic rings. The van der Waals surface area contributed by atoms with Crippen LogP contribution in [0, 0.1) is 0 Å². The van der Waals surface area contributed by atoms with E-state index in [0.29, 0.717) is 0 Å². The largest absolute Gasteiger partial charge is 0.352 e. The summed E-state index contributed by atoms with van der Waals surface area (Å²) in [6, 6.07) is 4.15. The molecule has 0 fully saturated rings. The van der Waals surface area contributed by atoms with E-state index in [-0.39, 0.29) is 0 Å². The number of H-pyrrole nitrogens is 1. The Kier molecular flexibility index (Phi) is 3.82. The van der Waals surface area contributed by atoms with E-state index in [0.717, 1.165) is 24.2 Å². The summed E-state index contributed by atoms with van der Waals surface area (Å²) in [5, 5.41) is 0. The van der Waals surface area contributed by atoms with Gasteiger partial charge in [-0.1, -0.05) is 13.8 Å². The van der Waals surface area contributed by atoms with Gasteiger partial charge < -0.3 is 4.98 Å². The first kappa shape index (κ1) is 9.81. The lowest BCUT2D eigenvalue weighted by atomic mass is 10.4. The number of aromatic amines is 1. The number of hydrogen-bond acceptors (Lipinski definition) is 1. The highest BCUT2D eigenvalue weighted by Gasteiger charge is 2.01. The predicted molar refractivity (Wildman–Crippen MR) is 55.1 cm³/mol. The smallest absolute Gasteiger partial charge is 0.0822 e. The van der Waals surface area contributed by atoms with Crippen LogP contribution >= 0.6 is 15.9 Å². The summed E-state index contributed by atoms with van der Waals surface area (Å²) in [4.78, 5) is 5.62. The molecule has 0 aliphatic rings. The molecule has 3 heteroatoms. The van der Waals surface area contributed by atoms with Crippen molar-refractivity contribution >= 4 is 15.9 Å². The standard InChI is InChI=1S/C9H15BrN2/c1-3-12(4-2)7-8-5-6-9(10)11-8/h5-6,11H,3-4,7H2,1-2H3. The van der Waals surface area contributed by atoms with Crippen molar-refractivity contribution in [2.45, 2.75) is 20.4 Å². The molecule has 0 saturated heterocycles. The van der Waals surface area contributed by atoms with Gasteiger partial charge in [0.2, 0.25) is 0 Å². The van der Waals surface area contributed by atoms with Crippen molar-refractivity contribution < 1.29 is 0 Å². The molecular weight excluding hydrogens is 216 g/mol. The van der Waals surface area contributed by atoms with Crippen LogP contribution in [0.15, 0.2) is 16.7 Å². The van der Waals surface area contributed by atoms with E-state index in [2.05, 4.69) is 45.7 Å². The van der Waals surface area contributed by atoms with Gasteiger partial charge in [-0.2, -0.15) is 0 Å². The fourth-order valence-electron chi connectivity index (χ4n) is 1.19. The molecule has 0 aromatic carbocycles. The van der Waals surface area contributed by atoms with E-state index in [4.69, 9.17) is 0 Å². The predicted octanol–water partition coefficient (Wildman–Crippen LogP) is 2.62. The first-order valence-corrected chi connectivity index (χ1v) is 5.11. The first-order valence-electron chi connectivity index (χ1n) is 4.32. The van der Waals surface area contributed by atoms with Crippen LogP contribution in [0.3, 0.4) is 0 Å². The molecule has 0 atom stereocenters.